The lowest BCUT2D eigenvalue weighted by Crippen LogP contribution is -2.49. The van der Waals surface area contributed by atoms with E-state index in [9.17, 15) is 9.59 Å². The van der Waals surface area contributed by atoms with Crippen LogP contribution in [-0.2, 0) is 9.53 Å². The molecule has 1 aromatic carbocycles. The Balaban J connectivity index is 2.33. The number of methoxy groups -OCH3 is 2. The zero-order valence-corrected chi connectivity index (χ0v) is 12.7. The molecule has 0 aliphatic carbocycles. The standard InChI is InChI=1S/C16H18N2O4/c1-10-14(15(19)22-3)12(18-16(20)17-10)9-8-11-6-4-5-7-13(11)21-2/h4-9,12H,1-3H3,(H2,17,18,20)/t12-/m1/s1. The lowest BCUT2D eigenvalue weighted by Gasteiger charge is -2.25. The molecule has 2 amide bonds. The fourth-order valence-electron chi connectivity index (χ4n) is 2.26. The zero-order valence-electron chi connectivity index (χ0n) is 12.7. The van der Waals surface area contributed by atoms with Crippen LogP contribution in [0, 0.1) is 0 Å². The summed E-state index contributed by atoms with van der Waals surface area (Å²) in [6, 6.07) is 6.54. The van der Waals surface area contributed by atoms with Crippen LogP contribution in [0.1, 0.15) is 12.5 Å². The number of allylic oxidation sites excluding steroid dienone is 1. The van der Waals surface area contributed by atoms with E-state index in [-0.39, 0.29) is 6.03 Å². The monoisotopic (exact) mass is 302 g/mol. The van der Waals surface area contributed by atoms with Crippen LogP contribution in [0.2, 0.25) is 0 Å². The highest BCUT2D eigenvalue weighted by molar-refractivity contribution is 5.95. The minimum absolute atomic E-state index is 0.361. The molecule has 6 nitrogen and oxygen atoms in total. The van der Waals surface area contributed by atoms with Gasteiger partial charge in [-0.05, 0) is 13.0 Å². The van der Waals surface area contributed by atoms with E-state index < -0.39 is 12.0 Å². The van der Waals surface area contributed by atoms with Crippen LogP contribution in [0.5, 0.6) is 5.75 Å². The summed E-state index contributed by atoms with van der Waals surface area (Å²) in [5, 5.41) is 5.25. The largest absolute Gasteiger partial charge is 0.496 e. The summed E-state index contributed by atoms with van der Waals surface area (Å²) in [5.41, 5.74) is 1.69. The highest BCUT2D eigenvalue weighted by Gasteiger charge is 2.28. The molecular weight excluding hydrogens is 284 g/mol. The van der Waals surface area contributed by atoms with E-state index in [1.54, 1.807) is 26.2 Å². The SMILES string of the molecule is COC(=O)C1=C(C)NC(=O)N[C@@H]1C=Cc1ccccc1OC. The van der Waals surface area contributed by atoms with Crippen molar-refractivity contribution in [3.63, 3.8) is 0 Å². The van der Waals surface area contributed by atoms with E-state index in [0.717, 1.165) is 5.56 Å². The van der Waals surface area contributed by atoms with Gasteiger partial charge in [-0.2, -0.15) is 0 Å². The van der Waals surface area contributed by atoms with Gasteiger partial charge >= 0.3 is 12.0 Å². The van der Waals surface area contributed by atoms with E-state index in [4.69, 9.17) is 9.47 Å². The van der Waals surface area contributed by atoms with Crippen LogP contribution in [-0.4, -0.2) is 32.3 Å². The molecule has 6 heteroatoms. The fraction of sp³-hybridized carbons (Fsp3) is 0.250. The van der Waals surface area contributed by atoms with Crippen LogP contribution in [0.25, 0.3) is 6.08 Å². The summed E-state index contributed by atoms with van der Waals surface area (Å²) in [4.78, 5) is 23.5. The first-order valence-corrected chi connectivity index (χ1v) is 6.74. The summed E-state index contributed by atoms with van der Waals surface area (Å²) in [5.74, 6) is 0.221. The molecule has 0 spiro atoms. The third kappa shape index (κ3) is 3.28. The first kappa shape index (κ1) is 15.6. The van der Waals surface area contributed by atoms with E-state index in [1.165, 1.54) is 7.11 Å². The number of benzene rings is 1. The summed E-state index contributed by atoms with van der Waals surface area (Å²) in [6.45, 7) is 1.66. The Bertz CT molecular complexity index is 649. The van der Waals surface area contributed by atoms with Gasteiger partial charge in [-0.3, -0.25) is 0 Å². The molecule has 0 saturated carbocycles. The Kier molecular flexibility index (Phi) is 4.83. The first-order valence-electron chi connectivity index (χ1n) is 6.74. The number of amides is 2. The van der Waals surface area contributed by atoms with Gasteiger partial charge in [0, 0.05) is 11.3 Å². The van der Waals surface area contributed by atoms with Crippen LogP contribution in [0.15, 0.2) is 41.6 Å². The molecule has 0 fully saturated rings. The summed E-state index contributed by atoms with van der Waals surface area (Å²) in [7, 11) is 2.89. The highest BCUT2D eigenvalue weighted by Crippen LogP contribution is 2.21. The number of carbonyl (C=O) groups excluding carboxylic acids is 2. The average Bonchev–Trinajstić information content (AvgIpc) is 2.52. The third-order valence-electron chi connectivity index (χ3n) is 3.32. The fourth-order valence-corrected chi connectivity index (χ4v) is 2.26. The predicted octanol–water partition coefficient (Wildman–Crippen LogP) is 1.84. The molecule has 0 aromatic heterocycles. The van der Waals surface area contributed by atoms with Gasteiger partial charge in [-0.15, -0.1) is 0 Å². The smallest absolute Gasteiger partial charge is 0.337 e. The van der Waals surface area contributed by atoms with Crippen molar-refractivity contribution in [3.8, 4) is 5.75 Å². The Morgan fingerprint density at radius 1 is 1.27 bits per heavy atom. The second-order valence-electron chi connectivity index (χ2n) is 4.71. The van der Waals surface area contributed by atoms with Gasteiger partial charge in [0.15, 0.2) is 0 Å². The van der Waals surface area contributed by atoms with E-state index >= 15 is 0 Å². The molecular formula is C16H18N2O4. The Hall–Kier alpha value is -2.76. The van der Waals surface area contributed by atoms with Gasteiger partial charge in [-0.25, -0.2) is 9.59 Å². The quantitative estimate of drug-likeness (QED) is 0.832. The molecule has 1 heterocycles. The van der Waals surface area contributed by atoms with Crippen molar-refractivity contribution in [3.05, 3.63) is 47.2 Å². The zero-order chi connectivity index (χ0) is 16.1. The second-order valence-corrected chi connectivity index (χ2v) is 4.71. The number of para-hydroxylation sites is 1. The van der Waals surface area contributed by atoms with Gasteiger partial charge in [0.1, 0.15) is 5.75 Å². The minimum atomic E-state index is -0.564. The number of hydrogen-bond acceptors (Lipinski definition) is 4. The van der Waals surface area contributed by atoms with Crippen molar-refractivity contribution in [2.24, 2.45) is 0 Å². The van der Waals surface area contributed by atoms with Gasteiger partial charge in [0.25, 0.3) is 0 Å². The maximum atomic E-state index is 11.9. The van der Waals surface area contributed by atoms with E-state index in [1.807, 2.05) is 24.3 Å². The van der Waals surface area contributed by atoms with Gasteiger partial charge < -0.3 is 20.1 Å². The number of nitrogens with one attached hydrogen (secondary N) is 2. The number of esters is 1. The molecule has 0 radical (unpaired) electrons. The molecule has 0 bridgehead atoms. The Labute approximate surface area is 128 Å². The van der Waals surface area contributed by atoms with E-state index in [0.29, 0.717) is 17.0 Å². The summed E-state index contributed by atoms with van der Waals surface area (Å²) >= 11 is 0. The van der Waals surface area contributed by atoms with Gasteiger partial charge in [0.05, 0.1) is 25.8 Å². The molecule has 1 aliphatic rings. The molecule has 2 rings (SSSR count). The topological polar surface area (TPSA) is 76.7 Å². The van der Waals surface area contributed by atoms with Crippen molar-refractivity contribution in [1.82, 2.24) is 10.6 Å². The van der Waals surface area contributed by atoms with Crippen LogP contribution >= 0.6 is 0 Å². The third-order valence-corrected chi connectivity index (χ3v) is 3.32. The van der Waals surface area contributed by atoms with Crippen molar-refractivity contribution in [2.75, 3.05) is 14.2 Å². The Morgan fingerprint density at radius 2 is 2.00 bits per heavy atom. The average molecular weight is 302 g/mol. The molecule has 2 N–H and O–H groups in total. The lowest BCUT2D eigenvalue weighted by molar-refractivity contribution is -0.136. The number of carbonyl (C=O) groups is 2. The van der Waals surface area contributed by atoms with Crippen molar-refractivity contribution in [1.29, 1.82) is 0 Å². The highest BCUT2D eigenvalue weighted by atomic mass is 16.5. The second kappa shape index (κ2) is 6.80. The maximum absolute atomic E-state index is 11.9. The Morgan fingerprint density at radius 3 is 2.68 bits per heavy atom. The predicted molar refractivity (Wildman–Crippen MR) is 82.2 cm³/mol. The molecule has 116 valence electrons. The van der Waals surface area contributed by atoms with Crippen LogP contribution in [0.3, 0.4) is 0 Å². The number of ether oxygens (including phenoxy) is 2. The number of urea groups is 1. The van der Waals surface area contributed by atoms with Gasteiger partial charge in [-0.1, -0.05) is 30.4 Å². The number of rotatable bonds is 4. The van der Waals surface area contributed by atoms with Crippen LogP contribution in [0.4, 0.5) is 4.79 Å². The minimum Gasteiger partial charge on any atom is -0.496 e. The van der Waals surface area contributed by atoms with Crippen molar-refractivity contribution in [2.45, 2.75) is 13.0 Å². The molecule has 0 saturated heterocycles. The molecule has 1 aromatic rings. The maximum Gasteiger partial charge on any atom is 0.337 e. The van der Waals surface area contributed by atoms with Crippen LogP contribution < -0.4 is 15.4 Å². The molecule has 1 aliphatic heterocycles. The molecule has 1 atom stereocenters. The number of hydrogen-bond donors (Lipinski definition) is 2. The lowest BCUT2D eigenvalue weighted by atomic mass is 10.0. The first-order chi connectivity index (χ1) is 10.6. The molecule has 0 unspecified atom stereocenters. The normalized spacial score (nSPS) is 18.0. The van der Waals surface area contributed by atoms with Crippen molar-refractivity contribution >= 4 is 18.1 Å². The summed E-state index contributed by atoms with van der Waals surface area (Å²) < 4.78 is 10.0. The van der Waals surface area contributed by atoms with Gasteiger partial charge in [0.2, 0.25) is 0 Å². The van der Waals surface area contributed by atoms with Crippen molar-refractivity contribution < 1.29 is 19.1 Å². The molecule has 22 heavy (non-hydrogen) atoms. The summed E-state index contributed by atoms with van der Waals surface area (Å²) in [6.07, 6.45) is 3.53. The van der Waals surface area contributed by atoms with E-state index in [2.05, 4.69) is 10.6 Å².